The number of amides is 1. The lowest BCUT2D eigenvalue weighted by atomic mass is 9.95. The van der Waals surface area contributed by atoms with Gasteiger partial charge in [0.25, 0.3) is 5.91 Å². The molecule has 2 aromatic rings. The van der Waals surface area contributed by atoms with E-state index < -0.39 is 0 Å². The van der Waals surface area contributed by atoms with Crippen LogP contribution in [0.3, 0.4) is 0 Å². The number of hydrogen-bond acceptors (Lipinski definition) is 2. The summed E-state index contributed by atoms with van der Waals surface area (Å²) in [6.45, 7) is 0.851. The van der Waals surface area contributed by atoms with Crippen LogP contribution < -0.4 is 0 Å². The van der Waals surface area contributed by atoms with Crippen LogP contribution in [-0.2, 0) is 13.5 Å². The Balaban J connectivity index is 1.67. The molecule has 0 aliphatic carbocycles. The van der Waals surface area contributed by atoms with Gasteiger partial charge in [-0.1, -0.05) is 12.1 Å². The molecule has 23 heavy (non-hydrogen) atoms. The standard InChI is InChI=1S/C19H24N2O2/c1-20-13-4-6-18(20)19(23)21-14-3-2-5-16(21)10-7-15-8-11-17(22)12-9-15/h4,6,8-9,11-13,16,22H,2-3,5,7,10,14H2,1H3/t16-/m1/s1. The highest BCUT2D eigenvalue weighted by molar-refractivity contribution is 5.93. The first-order chi connectivity index (χ1) is 11.1. The van der Waals surface area contributed by atoms with Gasteiger partial charge in [-0.25, -0.2) is 0 Å². The Morgan fingerprint density at radius 2 is 2.00 bits per heavy atom. The molecule has 122 valence electrons. The topological polar surface area (TPSA) is 45.5 Å². The zero-order valence-corrected chi connectivity index (χ0v) is 13.6. The van der Waals surface area contributed by atoms with Crippen LogP contribution in [-0.4, -0.2) is 33.1 Å². The van der Waals surface area contributed by atoms with Gasteiger partial charge in [-0.3, -0.25) is 4.79 Å². The third kappa shape index (κ3) is 3.58. The molecule has 0 bridgehead atoms. The highest BCUT2D eigenvalue weighted by atomic mass is 16.3. The van der Waals surface area contributed by atoms with E-state index in [9.17, 15) is 9.90 Å². The second-order valence-electron chi connectivity index (χ2n) is 6.36. The van der Waals surface area contributed by atoms with E-state index in [2.05, 4.69) is 4.90 Å². The average Bonchev–Trinajstić information content (AvgIpc) is 3.00. The molecular formula is C19H24N2O2. The first-order valence-corrected chi connectivity index (χ1v) is 8.35. The zero-order chi connectivity index (χ0) is 16.2. The smallest absolute Gasteiger partial charge is 0.270 e. The summed E-state index contributed by atoms with van der Waals surface area (Å²) in [6, 6.07) is 11.5. The Morgan fingerprint density at radius 1 is 1.22 bits per heavy atom. The Morgan fingerprint density at radius 3 is 2.70 bits per heavy atom. The molecule has 1 atom stereocenters. The summed E-state index contributed by atoms with van der Waals surface area (Å²) < 4.78 is 1.90. The zero-order valence-electron chi connectivity index (χ0n) is 13.6. The third-order valence-electron chi connectivity index (χ3n) is 4.75. The number of carbonyl (C=O) groups is 1. The lowest BCUT2D eigenvalue weighted by Crippen LogP contribution is -2.44. The number of aromatic hydroxyl groups is 1. The van der Waals surface area contributed by atoms with Crippen molar-refractivity contribution in [3.05, 3.63) is 53.9 Å². The number of hydrogen-bond donors (Lipinski definition) is 1. The number of aryl methyl sites for hydroxylation is 2. The molecule has 0 spiro atoms. The Kier molecular flexibility index (Phi) is 4.70. The molecule has 0 saturated carbocycles. The molecule has 1 aliphatic heterocycles. The summed E-state index contributed by atoms with van der Waals surface area (Å²) in [4.78, 5) is 14.9. The van der Waals surface area contributed by atoms with E-state index in [1.165, 1.54) is 12.0 Å². The van der Waals surface area contributed by atoms with Gasteiger partial charge < -0.3 is 14.6 Å². The van der Waals surface area contributed by atoms with E-state index in [-0.39, 0.29) is 5.91 Å². The number of phenolic OH excluding ortho intramolecular Hbond substituents is 1. The maximum Gasteiger partial charge on any atom is 0.270 e. The summed E-state index contributed by atoms with van der Waals surface area (Å²) in [7, 11) is 1.92. The molecule has 1 aromatic heterocycles. The van der Waals surface area contributed by atoms with Crippen molar-refractivity contribution in [2.75, 3.05) is 6.54 Å². The van der Waals surface area contributed by atoms with Crippen LogP contribution in [0.25, 0.3) is 0 Å². The maximum atomic E-state index is 12.8. The lowest BCUT2D eigenvalue weighted by Gasteiger charge is -2.36. The summed E-state index contributed by atoms with van der Waals surface area (Å²) in [5.41, 5.74) is 1.97. The van der Waals surface area contributed by atoms with E-state index in [1.54, 1.807) is 12.1 Å². The van der Waals surface area contributed by atoms with Crippen LogP contribution in [0.5, 0.6) is 5.75 Å². The molecule has 1 aromatic carbocycles. The number of benzene rings is 1. The largest absolute Gasteiger partial charge is 0.508 e. The van der Waals surface area contributed by atoms with Gasteiger partial charge in [0.2, 0.25) is 0 Å². The van der Waals surface area contributed by atoms with Crippen molar-refractivity contribution in [1.82, 2.24) is 9.47 Å². The van der Waals surface area contributed by atoms with Crippen LogP contribution in [0.2, 0.25) is 0 Å². The van der Waals surface area contributed by atoms with Crippen molar-refractivity contribution >= 4 is 5.91 Å². The molecule has 4 heteroatoms. The van der Waals surface area contributed by atoms with E-state index in [0.717, 1.165) is 37.9 Å². The number of phenols is 1. The van der Waals surface area contributed by atoms with Crippen molar-refractivity contribution in [1.29, 1.82) is 0 Å². The molecule has 4 nitrogen and oxygen atoms in total. The Bertz CT molecular complexity index is 660. The molecule has 1 N–H and O–H groups in total. The van der Waals surface area contributed by atoms with Gasteiger partial charge in [0.15, 0.2) is 0 Å². The normalized spacial score (nSPS) is 18.1. The van der Waals surface area contributed by atoms with Crippen LogP contribution >= 0.6 is 0 Å². The summed E-state index contributed by atoms with van der Waals surface area (Å²) in [5, 5.41) is 9.36. The summed E-state index contributed by atoms with van der Waals surface area (Å²) in [6.07, 6.45) is 7.18. The molecular weight excluding hydrogens is 288 g/mol. The summed E-state index contributed by atoms with van der Waals surface area (Å²) >= 11 is 0. The molecule has 1 fully saturated rings. The van der Waals surface area contributed by atoms with Crippen molar-refractivity contribution in [3.8, 4) is 5.75 Å². The Hall–Kier alpha value is -2.23. The number of carbonyl (C=O) groups excluding carboxylic acids is 1. The molecule has 1 aliphatic rings. The van der Waals surface area contributed by atoms with Crippen LogP contribution in [0.15, 0.2) is 42.6 Å². The lowest BCUT2D eigenvalue weighted by molar-refractivity contribution is 0.0592. The average molecular weight is 312 g/mol. The highest BCUT2D eigenvalue weighted by Crippen LogP contribution is 2.24. The van der Waals surface area contributed by atoms with Crippen LogP contribution in [0.4, 0.5) is 0 Å². The minimum atomic E-state index is 0.146. The summed E-state index contributed by atoms with van der Waals surface area (Å²) in [5.74, 6) is 0.444. The molecule has 1 saturated heterocycles. The van der Waals surface area contributed by atoms with Crippen LogP contribution in [0, 0.1) is 0 Å². The quantitative estimate of drug-likeness (QED) is 0.941. The predicted molar refractivity (Wildman–Crippen MR) is 90.5 cm³/mol. The molecule has 3 rings (SSSR count). The van der Waals surface area contributed by atoms with E-state index in [4.69, 9.17) is 0 Å². The Labute approximate surface area is 137 Å². The molecule has 2 heterocycles. The monoisotopic (exact) mass is 312 g/mol. The fraction of sp³-hybridized carbons (Fsp3) is 0.421. The van der Waals surface area contributed by atoms with Crippen molar-refractivity contribution in [2.24, 2.45) is 7.05 Å². The fourth-order valence-corrected chi connectivity index (χ4v) is 3.39. The van der Waals surface area contributed by atoms with Gasteiger partial charge >= 0.3 is 0 Å². The highest BCUT2D eigenvalue weighted by Gasteiger charge is 2.28. The molecule has 1 amide bonds. The van der Waals surface area contributed by atoms with E-state index in [0.29, 0.717) is 11.8 Å². The van der Waals surface area contributed by atoms with Gasteiger partial charge in [-0.05, 0) is 61.9 Å². The number of likely N-dealkylation sites (tertiary alicyclic amines) is 1. The van der Waals surface area contributed by atoms with Crippen molar-refractivity contribution in [2.45, 2.75) is 38.1 Å². The van der Waals surface area contributed by atoms with Gasteiger partial charge in [-0.2, -0.15) is 0 Å². The molecule has 0 radical (unpaired) electrons. The number of nitrogens with zero attached hydrogens (tertiary/aromatic N) is 2. The second-order valence-corrected chi connectivity index (χ2v) is 6.36. The van der Waals surface area contributed by atoms with E-state index >= 15 is 0 Å². The third-order valence-corrected chi connectivity index (χ3v) is 4.75. The van der Waals surface area contributed by atoms with Crippen molar-refractivity contribution < 1.29 is 9.90 Å². The van der Waals surface area contributed by atoms with Gasteiger partial charge in [-0.15, -0.1) is 0 Å². The maximum absolute atomic E-state index is 12.8. The SMILES string of the molecule is Cn1cccc1C(=O)N1CCCC[C@@H]1CCc1ccc(O)cc1. The minimum absolute atomic E-state index is 0.146. The van der Waals surface area contributed by atoms with Gasteiger partial charge in [0.1, 0.15) is 11.4 Å². The number of aromatic nitrogens is 1. The van der Waals surface area contributed by atoms with E-state index in [1.807, 2.05) is 42.1 Å². The second kappa shape index (κ2) is 6.90. The predicted octanol–water partition coefficient (Wildman–Crippen LogP) is 3.36. The first-order valence-electron chi connectivity index (χ1n) is 8.35. The number of rotatable bonds is 4. The van der Waals surface area contributed by atoms with Crippen molar-refractivity contribution in [3.63, 3.8) is 0 Å². The van der Waals surface area contributed by atoms with Crippen LogP contribution in [0.1, 0.15) is 41.7 Å². The van der Waals surface area contributed by atoms with Gasteiger partial charge in [0.05, 0.1) is 0 Å². The first kappa shape index (κ1) is 15.7. The minimum Gasteiger partial charge on any atom is -0.508 e. The fourth-order valence-electron chi connectivity index (χ4n) is 3.39. The van der Waals surface area contributed by atoms with Gasteiger partial charge in [0, 0.05) is 25.8 Å². The number of piperidine rings is 1. The molecule has 0 unspecified atom stereocenters.